The Bertz CT molecular complexity index is 200. The van der Waals surface area contributed by atoms with E-state index in [9.17, 15) is 0 Å². The van der Waals surface area contributed by atoms with E-state index in [4.69, 9.17) is 15.7 Å². The van der Waals surface area contributed by atoms with Crippen molar-refractivity contribution in [3.05, 3.63) is 0 Å². The Kier molecular flexibility index (Phi) is 6.38. The zero-order valence-corrected chi connectivity index (χ0v) is 9.45. The number of nitriles is 1. The molecule has 3 nitrogen and oxygen atoms in total. The minimum Gasteiger partial charge on any atom is -0.378 e. The Morgan fingerprint density at radius 1 is 1.27 bits per heavy atom. The first kappa shape index (κ1) is 12.5. The molecule has 0 aromatic carbocycles. The Labute approximate surface area is 92.6 Å². The van der Waals surface area contributed by atoms with Gasteiger partial charge in [0, 0.05) is 13.0 Å². The van der Waals surface area contributed by atoms with Crippen LogP contribution in [0.5, 0.6) is 0 Å². The number of hydrogen-bond acceptors (Lipinski definition) is 3. The fourth-order valence-corrected chi connectivity index (χ4v) is 2.20. The lowest BCUT2D eigenvalue weighted by Gasteiger charge is -2.30. The smallest absolute Gasteiger partial charge is 0.0621 e. The van der Waals surface area contributed by atoms with E-state index < -0.39 is 0 Å². The Morgan fingerprint density at radius 3 is 2.80 bits per heavy atom. The van der Waals surface area contributed by atoms with Gasteiger partial charge in [-0.3, -0.25) is 0 Å². The molecule has 1 rings (SSSR count). The zero-order valence-electron chi connectivity index (χ0n) is 9.45. The Hall–Kier alpha value is -0.590. The molecule has 86 valence electrons. The van der Waals surface area contributed by atoms with Gasteiger partial charge in [-0.05, 0) is 38.1 Å². The third kappa shape index (κ3) is 4.63. The lowest BCUT2D eigenvalue weighted by atomic mass is 9.86. The SMILES string of the molecule is N#CCCCCOC1CCCCC1CN. The summed E-state index contributed by atoms with van der Waals surface area (Å²) in [7, 11) is 0. The fraction of sp³-hybridized carbons (Fsp3) is 0.917. The van der Waals surface area contributed by atoms with E-state index in [1.54, 1.807) is 0 Å². The molecule has 1 saturated carbocycles. The number of rotatable bonds is 6. The number of hydrogen-bond donors (Lipinski definition) is 1. The van der Waals surface area contributed by atoms with Gasteiger partial charge in [0.15, 0.2) is 0 Å². The van der Waals surface area contributed by atoms with Crippen LogP contribution in [0.1, 0.15) is 44.9 Å². The van der Waals surface area contributed by atoms with Gasteiger partial charge in [0.1, 0.15) is 0 Å². The number of ether oxygens (including phenoxy) is 1. The molecule has 0 radical (unpaired) electrons. The quantitative estimate of drug-likeness (QED) is 0.684. The standard InChI is InChI=1S/C12H22N2O/c13-8-4-1-5-9-15-12-7-3-2-6-11(12)10-14/h11-12H,1-7,9-10,14H2. The summed E-state index contributed by atoms with van der Waals surface area (Å²) in [5, 5.41) is 8.39. The predicted octanol–water partition coefficient (Wildman–Crippen LogP) is 2.21. The maximum atomic E-state index is 8.39. The van der Waals surface area contributed by atoms with Crippen LogP contribution in [0.15, 0.2) is 0 Å². The molecule has 2 atom stereocenters. The van der Waals surface area contributed by atoms with Crippen molar-refractivity contribution < 1.29 is 4.74 Å². The van der Waals surface area contributed by atoms with E-state index in [0.29, 0.717) is 18.4 Å². The molecule has 0 aliphatic heterocycles. The van der Waals surface area contributed by atoms with E-state index in [1.807, 2.05) is 0 Å². The highest BCUT2D eigenvalue weighted by Crippen LogP contribution is 2.26. The third-order valence-electron chi connectivity index (χ3n) is 3.16. The van der Waals surface area contributed by atoms with Gasteiger partial charge in [0.25, 0.3) is 0 Å². The van der Waals surface area contributed by atoms with E-state index >= 15 is 0 Å². The average Bonchev–Trinajstić information content (AvgIpc) is 2.29. The van der Waals surface area contributed by atoms with Crippen molar-refractivity contribution in [2.24, 2.45) is 11.7 Å². The molecule has 3 heteroatoms. The highest BCUT2D eigenvalue weighted by Gasteiger charge is 2.24. The maximum Gasteiger partial charge on any atom is 0.0621 e. The van der Waals surface area contributed by atoms with Crippen LogP contribution in [0.2, 0.25) is 0 Å². The molecule has 2 N–H and O–H groups in total. The van der Waals surface area contributed by atoms with Crippen LogP contribution in [-0.2, 0) is 4.74 Å². The molecule has 0 saturated heterocycles. The molecule has 15 heavy (non-hydrogen) atoms. The van der Waals surface area contributed by atoms with Gasteiger partial charge in [-0.1, -0.05) is 12.8 Å². The average molecular weight is 210 g/mol. The van der Waals surface area contributed by atoms with Crippen molar-refractivity contribution in [3.63, 3.8) is 0 Å². The van der Waals surface area contributed by atoms with Gasteiger partial charge in [0.05, 0.1) is 12.2 Å². The fourth-order valence-electron chi connectivity index (χ4n) is 2.20. The second-order valence-corrected chi connectivity index (χ2v) is 4.30. The summed E-state index contributed by atoms with van der Waals surface area (Å²) >= 11 is 0. The van der Waals surface area contributed by atoms with Crippen molar-refractivity contribution in [1.29, 1.82) is 5.26 Å². The lowest BCUT2D eigenvalue weighted by molar-refractivity contribution is -0.00923. The summed E-state index contributed by atoms with van der Waals surface area (Å²) in [6, 6.07) is 2.15. The highest BCUT2D eigenvalue weighted by atomic mass is 16.5. The number of nitrogens with two attached hydrogens (primary N) is 1. The molecular formula is C12H22N2O. The molecule has 0 aromatic heterocycles. The molecule has 1 aliphatic carbocycles. The van der Waals surface area contributed by atoms with Crippen molar-refractivity contribution in [3.8, 4) is 6.07 Å². The highest BCUT2D eigenvalue weighted by molar-refractivity contribution is 4.76. The summed E-state index contributed by atoms with van der Waals surface area (Å²) in [5.74, 6) is 0.565. The van der Waals surface area contributed by atoms with E-state index in [1.165, 1.54) is 25.7 Å². The minimum atomic E-state index is 0.380. The molecule has 0 amide bonds. The maximum absolute atomic E-state index is 8.39. The van der Waals surface area contributed by atoms with Crippen molar-refractivity contribution in [2.75, 3.05) is 13.2 Å². The first-order valence-corrected chi connectivity index (χ1v) is 6.07. The van der Waals surface area contributed by atoms with E-state index in [-0.39, 0.29) is 0 Å². The van der Waals surface area contributed by atoms with E-state index in [2.05, 4.69) is 6.07 Å². The molecule has 0 aromatic rings. The lowest BCUT2D eigenvalue weighted by Crippen LogP contribution is -2.33. The molecule has 0 bridgehead atoms. The zero-order chi connectivity index (χ0) is 10.9. The molecule has 1 fully saturated rings. The van der Waals surface area contributed by atoms with Crippen molar-refractivity contribution in [2.45, 2.75) is 51.0 Å². The Balaban J connectivity index is 2.10. The first-order valence-electron chi connectivity index (χ1n) is 6.07. The van der Waals surface area contributed by atoms with Gasteiger partial charge in [-0.25, -0.2) is 0 Å². The summed E-state index contributed by atoms with van der Waals surface area (Å²) in [6.45, 7) is 1.55. The second kappa shape index (κ2) is 7.67. The molecule has 1 aliphatic rings. The summed E-state index contributed by atoms with van der Waals surface area (Å²) in [5.41, 5.74) is 5.72. The van der Waals surface area contributed by atoms with Crippen molar-refractivity contribution in [1.82, 2.24) is 0 Å². The normalized spacial score (nSPS) is 26.1. The van der Waals surface area contributed by atoms with Gasteiger partial charge in [-0.2, -0.15) is 5.26 Å². The van der Waals surface area contributed by atoms with Crippen LogP contribution in [0.25, 0.3) is 0 Å². The van der Waals surface area contributed by atoms with Crippen LogP contribution in [0.4, 0.5) is 0 Å². The number of unbranched alkanes of at least 4 members (excludes halogenated alkanes) is 2. The monoisotopic (exact) mass is 210 g/mol. The van der Waals surface area contributed by atoms with Gasteiger partial charge in [-0.15, -0.1) is 0 Å². The van der Waals surface area contributed by atoms with Crippen LogP contribution in [-0.4, -0.2) is 19.3 Å². The van der Waals surface area contributed by atoms with E-state index in [0.717, 1.165) is 26.0 Å². The minimum absolute atomic E-state index is 0.380. The van der Waals surface area contributed by atoms with Crippen molar-refractivity contribution >= 4 is 0 Å². The number of nitrogens with zero attached hydrogens (tertiary/aromatic N) is 1. The Morgan fingerprint density at radius 2 is 2.07 bits per heavy atom. The predicted molar refractivity (Wildman–Crippen MR) is 60.2 cm³/mol. The van der Waals surface area contributed by atoms with Crippen LogP contribution in [0, 0.1) is 17.2 Å². The second-order valence-electron chi connectivity index (χ2n) is 4.30. The van der Waals surface area contributed by atoms with Crippen LogP contribution in [0.3, 0.4) is 0 Å². The molecule has 0 spiro atoms. The molecular weight excluding hydrogens is 188 g/mol. The summed E-state index contributed by atoms with van der Waals surface area (Å²) in [6.07, 6.45) is 7.95. The van der Waals surface area contributed by atoms with Gasteiger partial charge in [0.2, 0.25) is 0 Å². The molecule has 0 heterocycles. The topological polar surface area (TPSA) is 59.0 Å². The summed E-state index contributed by atoms with van der Waals surface area (Å²) in [4.78, 5) is 0. The van der Waals surface area contributed by atoms with Crippen LogP contribution >= 0.6 is 0 Å². The largest absolute Gasteiger partial charge is 0.378 e. The van der Waals surface area contributed by atoms with Crippen LogP contribution < -0.4 is 5.73 Å². The van der Waals surface area contributed by atoms with Gasteiger partial charge < -0.3 is 10.5 Å². The third-order valence-corrected chi connectivity index (χ3v) is 3.16. The first-order chi connectivity index (χ1) is 7.38. The van der Waals surface area contributed by atoms with Gasteiger partial charge >= 0.3 is 0 Å². The summed E-state index contributed by atoms with van der Waals surface area (Å²) < 4.78 is 5.84. The molecule has 2 unspecified atom stereocenters.